The van der Waals surface area contributed by atoms with Crippen molar-refractivity contribution in [2.24, 2.45) is 0 Å². The van der Waals surface area contributed by atoms with Crippen molar-refractivity contribution in [2.75, 3.05) is 7.05 Å². The molecule has 28 heavy (non-hydrogen) atoms. The van der Waals surface area contributed by atoms with Crippen molar-refractivity contribution in [3.05, 3.63) is 97.6 Å². The van der Waals surface area contributed by atoms with Crippen molar-refractivity contribution < 1.29 is 9.57 Å². The van der Waals surface area contributed by atoms with E-state index in [0.29, 0.717) is 0 Å². The zero-order valence-electron chi connectivity index (χ0n) is 16.0. The van der Waals surface area contributed by atoms with Crippen molar-refractivity contribution in [1.82, 2.24) is 14.6 Å². The van der Waals surface area contributed by atoms with Crippen LogP contribution in [0.15, 0.2) is 92.0 Å². The molecule has 0 N–H and O–H groups in total. The summed E-state index contributed by atoms with van der Waals surface area (Å²) < 4.78 is 8.26. The lowest BCUT2D eigenvalue weighted by Crippen LogP contribution is -2.41. The van der Waals surface area contributed by atoms with E-state index in [4.69, 9.17) is 9.57 Å². The van der Waals surface area contributed by atoms with Crippen molar-refractivity contribution in [3.8, 4) is 5.75 Å². The zero-order valence-corrected chi connectivity index (χ0v) is 16.0. The standard InChI is InChI=1S/C23H25N3O2/c1-3-21(27-20-12-8-5-9-13-20)22-16-23(25(2)28-22,17-26-15-14-24-18-26)19-10-6-4-7-11-19/h3-15,18,21-22H,1,16-17H2,2H3. The van der Waals surface area contributed by atoms with E-state index in [0.717, 1.165) is 18.7 Å². The van der Waals surface area contributed by atoms with Crippen molar-refractivity contribution in [1.29, 1.82) is 0 Å². The van der Waals surface area contributed by atoms with E-state index < -0.39 is 0 Å². The summed E-state index contributed by atoms with van der Waals surface area (Å²) in [5.74, 6) is 0.811. The lowest BCUT2D eigenvalue weighted by Gasteiger charge is -2.34. The van der Waals surface area contributed by atoms with E-state index in [1.165, 1.54) is 5.56 Å². The molecule has 0 amide bonds. The summed E-state index contributed by atoms with van der Waals surface area (Å²) in [5.41, 5.74) is 0.879. The molecule has 1 aromatic heterocycles. The summed E-state index contributed by atoms with van der Waals surface area (Å²) in [6, 6.07) is 20.3. The van der Waals surface area contributed by atoms with Gasteiger partial charge in [0.1, 0.15) is 18.0 Å². The first-order chi connectivity index (χ1) is 13.7. The number of ether oxygens (including phenoxy) is 1. The molecule has 3 atom stereocenters. The number of hydroxylamine groups is 2. The van der Waals surface area contributed by atoms with Gasteiger partial charge in [-0.3, -0.25) is 4.84 Å². The number of benzene rings is 2. The molecule has 1 saturated heterocycles. The summed E-state index contributed by atoms with van der Waals surface area (Å²) in [4.78, 5) is 10.5. The molecule has 0 spiro atoms. The molecule has 2 aromatic carbocycles. The van der Waals surface area contributed by atoms with E-state index in [9.17, 15) is 0 Å². The Kier molecular flexibility index (Phi) is 5.28. The number of nitrogens with zero attached hydrogens (tertiary/aromatic N) is 3. The second-order valence-corrected chi connectivity index (χ2v) is 7.11. The van der Waals surface area contributed by atoms with Crippen LogP contribution < -0.4 is 4.74 Å². The van der Waals surface area contributed by atoms with Crippen LogP contribution in [0.5, 0.6) is 5.75 Å². The minimum Gasteiger partial charge on any atom is -0.484 e. The fourth-order valence-corrected chi connectivity index (χ4v) is 3.90. The Balaban J connectivity index is 1.63. The first-order valence-electron chi connectivity index (χ1n) is 9.47. The molecule has 5 heteroatoms. The van der Waals surface area contributed by atoms with Crippen LogP contribution in [-0.4, -0.2) is 33.9 Å². The first-order valence-corrected chi connectivity index (χ1v) is 9.47. The normalized spacial score (nSPS) is 23.4. The molecule has 3 aromatic rings. The van der Waals surface area contributed by atoms with Crippen LogP contribution in [0.4, 0.5) is 0 Å². The van der Waals surface area contributed by atoms with Crippen LogP contribution in [0.1, 0.15) is 12.0 Å². The monoisotopic (exact) mass is 375 g/mol. The number of hydrogen-bond donors (Lipinski definition) is 0. The first kappa shape index (κ1) is 18.5. The Labute approximate surface area is 165 Å². The van der Waals surface area contributed by atoms with Gasteiger partial charge in [0.15, 0.2) is 0 Å². The average molecular weight is 375 g/mol. The summed E-state index contributed by atoms with van der Waals surface area (Å²) >= 11 is 0. The van der Waals surface area contributed by atoms with E-state index in [2.05, 4.69) is 40.4 Å². The second kappa shape index (κ2) is 8.00. The van der Waals surface area contributed by atoms with Crippen LogP contribution in [0.25, 0.3) is 0 Å². The Bertz CT molecular complexity index is 883. The quantitative estimate of drug-likeness (QED) is 0.584. The maximum Gasteiger partial charge on any atom is 0.145 e. The zero-order chi connectivity index (χ0) is 19.4. The Morgan fingerprint density at radius 2 is 1.93 bits per heavy atom. The highest BCUT2D eigenvalue weighted by Gasteiger charge is 2.49. The molecule has 3 unspecified atom stereocenters. The maximum absolute atomic E-state index is 6.31. The Hall–Kier alpha value is -2.89. The van der Waals surface area contributed by atoms with Crippen LogP contribution >= 0.6 is 0 Å². The third-order valence-electron chi connectivity index (χ3n) is 5.36. The molecule has 1 aliphatic rings. The molecule has 0 saturated carbocycles. The molecule has 4 rings (SSSR count). The van der Waals surface area contributed by atoms with Gasteiger partial charge in [-0.15, -0.1) is 0 Å². The number of para-hydroxylation sites is 1. The van der Waals surface area contributed by atoms with Crippen molar-refractivity contribution in [2.45, 2.75) is 30.7 Å². The third-order valence-corrected chi connectivity index (χ3v) is 5.36. The molecule has 1 aliphatic heterocycles. The van der Waals surface area contributed by atoms with E-state index in [1.807, 2.05) is 67.1 Å². The van der Waals surface area contributed by atoms with E-state index in [-0.39, 0.29) is 17.7 Å². The maximum atomic E-state index is 6.31. The van der Waals surface area contributed by atoms with Gasteiger partial charge in [-0.05, 0) is 23.8 Å². The number of imidazole rings is 1. The minimum atomic E-state index is -0.325. The number of aromatic nitrogens is 2. The fourth-order valence-electron chi connectivity index (χ4n) is 3.90. The van der Waals surface area contributed by atoms with Crippen molar-refractivity contribution in [3.63, 3.8) is 0 Å². The van der Waals surface area contributed by atoms with Gasteiger partial charge in [-0.1, -0.05) is 55.1 Å². The predicted molar refractivity (Wildman–Crippen MR) is 109 cm³/mol. The third kappa shape index (κ3) is 3.59. The fraction of sp³-hybridized carbons (Fsp3) is 0.261. The average Bonchev–Trinajstić information content (AvgIpc) is 3.36. The van der Waals surface area contributed by atoms with Gasteiger partial charge in [0, 0.05) is 32.4 Å². The molecular weight excluding hydrogens is 350 g/mol. The predicted octanol–water partition coefficient (Wildman–Crippen LogP) is 4.05. The molecule has 1 fully saturated rings. The van der Waals surface area contributed by atoms with E-state index in [1.54, 1.807) is 6.20 Å². The van der Waals surface area contributed by atoms with Gasteiger partial charge in [0.25, 0.3) is 0 Å². The topological polar surface area (TPSA) is 39.5 Å². The van der Waals surface area contributed by atoms with Gasteiger partial charge < -0.3 is 9.30 Å². The van der Waals surface area contributed by atoms with Gasteiger partial charge in [-0.2, -0.15) is 5.06 Å². The minimum absolute atomic E-state index is 0.147. The Morgan fingerprint density at radius 3 is 2.57 bits per heavy atom. The molecule has 5 nitrogen and oxygen atoms in total. The molecule has 144 valence electrons. The van der Waals surface area contributed by atoms with Crippen LogP contribution in [0.3, 0.4) is 0 Å². The molecule has 0 aliphatic carbocycles. The number of rotatable bonds is 7. The lowest BCUT2D eigenvalue weighted by molar-refractivity contribution is -0.186. The summed E-state index contributed by atoms with van der Waals surface area (Å²) in [6.07, 6.45) is 7.83. The Morgan fingerprint density at radius 1 is 1.21 bits per heavy atom. The van der Waals surface area contributed by atoms with E-state index >= 15 is 0 Å². The number of likely N-dealkylation sites (N-methyl/N-ethyl adjacent to an activating group) is 1. The highest BCUT2D eigenvalue weighted by molar-refractivity contribution is 5.27. The van der Waals surface area contributed by atoms with Crippen LogP contribution in [-0.2, 0) is 16.9 Å². The van der Waals surface area contributed by atoms with Gasteiger partial charge >= 0.3 is 0 Å². The van der Waals surface area contributed by atoms with Crippen LogP contribution in [0.2, 0.25) is 0 Å². The highest BCUT2D eigenvalue weighted by Crippen LogP contribution is 2.42. The van der Waals surface area contributed by atoms with Crippen LogP contribution in [0, 0.1) is 0 Å². The molecule has 2 heterocycles. The molecular formula is C23H25N3O2. The van der Waals surface area contributed by atoms with Gasteiger partial charge in [-0.25, -0.2) is 4.98 Å². The molecule has 0 bridgehead atoms. The number of hydrogen-bond acceptors (Lipinski definition) is 4. The lowest BCUT2D eigenvalue weighted by atomic mass is 9.84. The van der Waals surface area contributed by atoms with Gasteiger partial charge in [0.2, 0.25) is 0 Å². The summed E-state index contributed by atoms with van der Waals surface area (Å²) in [5, 5.41) is 1.97. The largest absolute Gasteiger partial charge is 0.484 e. The SMILES string of the molecule is C=CC(Oc1ccccc1)C1CC(Cn2ccnc2)(c2ccccc2)N(C)O1. The molecule has 0 radical (unpaired) electrons. The van der Waals surface area contributed by atoms with Crippen molar-refractivity contribution >= 4 is 0 Å². The highest BCUT2D eigenvalue weighted by atomic mass is 16.7. The summed E-state index contributed by atoms with van der Waals surface area (Å²) in [6.45, 7) is 4.72. The van der Waals surface area contributed by atoms with Gasteiger partial charge in [0.05, 0.1) is 11.9 Å². The smallest absolute Gasteiger partial charge is 0.145 e. The summed E-state index contributed by atoms with van der Waals surface area (Å²) in [7, 11) is 1.99. The second-order valence-electron chi connectivity index (χ2n) is 7.11.